The minimum atomic E-state index is -0.666. The molecule has 1 atom stereocenters. The predicted molar refractivity (Wildman–Crippen MR) is 135 cm³/mol. The Bertz CT molecular complexity index is 1180. The monoisotopic (exact) mass is 475 g/mol. The molecule has 34 heavy (non-hydrogen) atoms. The van der Waals surface area contributed by atoms with E-state index >= 15 is 0 Å². The van der Waals surface area contributed by atoms with E-state index in [9.17, 15) is 14.7 Å². The molecule has 1 amide bonds. The van der Waals surface area contributed by atoms with Crippen molar-refractivity contribution in [1.29, 1.82) is 0 Å². The van der Waals surface area contributed by atoms with E-state index in [0.717, 1.165) is 35.3 Å². The van der Waals surface area contributed by atoms with Gasteiger partial charge in [0.2, 0.25) is 0 Å². The fourth-order valence-corrected chi connectivity index (χ4v) is 4.91. The number of aliphatic hydroxyl groups is 1. The van der Waals surface area contributed by atoms with Gasteiger partial charge in [-0.05, 0) is 54.6 Å². The summed E-state index contributed by atoms with van der Waals surface area (Å²) in [5, 5.41) is 13.2. The lowest BCUT2D eigenvalue weighted by Crippen LogP contribution is -2.28. The average molecular weight is 476 g/mol. The molecule has 1 N–H and O–H groups in total. The van der Waals surface area contributed by atoms with E-state index in [1.165, 1.54) is 11.3 Å². The first-order valence-corrected chi connectivity index (χ1v) is 12.5. The van der Waals surface area contributed by atoms with E-state index in [2.05, 4.69) is 6.92 Å². The molecule has 5 nitrogen and oxygen atoms in total. The number of carbonyl (C=O) groups is 2. The first kappa shape index (κ1) is 23.8. The van der Waals surface area contributed by atoms with Crippen LogP contribution in [0.4, 0.5) is 0 Å². The lowest BCUT2D eigenvalue weighted by atomic mass is 9.94. The van der Waals surface area contributed by atoms with Gasteiger partial charge in [-0.15, -0.1) is 11.3 Å². The van der Waals surface area contributed by atoms with Gasteiger partial charge in [-0.1, -0.05) is 55.7 Å². The minimum absolute atomic E-state index is 0.115. The highest BCUT2D eigenvalue weighted by molar-refractivity contribution is 7.09. The molecular weight excluding hydrogens is 446 g/mol. The first-order valence-electron chi connectivity index (χ1n) is 11.6. The van der Waals surface area contributed by atoms with Gasteiger partial charge in [0.25, 0.3) is 11.7 Å². The second-order valence-corrected chi connectivity index (χ2v) is 9.53. The van der Waals surface area contributed by atoms with Crippen LogP contribution < -0.4 is 4.74 Å². The number of nitrogens with zero attached hydrogens (tertiary/aromatic N) is 1. The van der Waals surface area contributed by atoms with E-state index in [0.29, 0.717) is 24.5 Å². The zero-order valence-corrected chi connectivity index (χ0v) is 20.3. The van der Waals surface area contributed by atoms with Gasteiger partial charge in [0.1, 0.15) is 11.5 Å². The van der Waals surface area contributed by atoms with Crippen molar-refractivity contribution < 1.29 is 19.4 Å². The summed E-state index contributed by atoms with van der Waals surface area (Å²) in [5.41, 5.74) is 2.41. The zero-order chi connectivity index (χ0) is 24.1. The molecule has 0 saturated carbocycles. The normalized spacial score (nSPS) is 17.4. The van der Waals surface area contributed by atoms with Gasteiger partial charge in [0, 0.05) is 10.4 Å². The number of amides is 1. The maximum atomic E-state index is 13.2. The number of rotatable bonds is 9. The molecule has 176 valence electrons. The Kier molecular flexibility index (Phi) is 7.48. The smallest absolute Gasteiger partial charge is 0.295 e. The highest BCUT2D eigenvalue weighted by Gasteiger charge is 2.46. The van der Waals surface area contributed by atoms with Gasteiger partial charge >= 0.3 is 0 Å². The molecule has 0 spiro atoms. The summed E-state index contributed by atoms with van der Waals surface area (Å²) >= 11 is 1.53. The Balaban J connectivity index is 1.70. The van der Waals surface area contributed by atoms with E-state index in [4.69, 9.17) is 4.74 Å². The number of hydrogen-bond acceptors (Lipinski definition) is 5. The quantitative estimate of drug-likeness (QED) is 0.172. The van der Waals surface area contributed by atoms with Crippen molar-refractivity contribution >= 4 is 28.8 Å². The number of unbranched alkanes of at least 4 members (excludes halogenated alkanes) is 2. The SMILES string of the molecule is CCCCCOc1ccc(/C(O)=C2/C(=O)C(=O)N(Cc3cccs3)C2c2cccc(C)c2)cc1. The Morgan fingerprint density at radius 1 is 1.06 bits per heavy atom. The standard InChI is InChI=1S/C28H29NO4S/c1-3-4-5-15-33-22-13-11-20(12-14-22)26(30)24-25(21-9-6-8-19(2)17-21)29(28(32)27(24)31)18-23-10-7-16-34-23/h6-14,16-17,25,30H,3-5,15,18H2,1-2H3/b26-24-. The van der Waals surface area contributed by atoms with Crippen molar-refractivity contribution in [3.8, 4) is 5.75 Å². The predicted octanol–water partition coefficient (Wildman–Crippen LogP) is 6.25. The number of carbonyl (C=O) groups excluding carboxylic acids is 2. The molecule has 0 aliphatic carbocycles. The minimum Gasteiger partial charge on any atom is -0.507 e. The number of likely N-dealkylation sites (tertiary alicyclic amines) is 1. The lowest BCUT2D eigenvalue weighted by molar-refractivity contribution is -0.140. The van der Waals surface area contributed by atoms with Crippen molar-refractivity contribution in [2.75, 3.05) is 6.61 Å². The van der Waals surface area contributed by atoms with E-state index < -0.39 is 17.7 Å². The van der Waals surface area contributed by atoms with Crippen LogP contribution >= 0.6 is 11.3 Å². The van der Waals surface area contributed by atoms with Crippen LogP contribution in [0, 0.1) is 6.92 Å². The summed E-state index contributed by atoms with van der Waals surface area (Å²) in [6, 6.07) is 17.9. The maximum Gasteiger partial charge on any atom is 0.295 e. The van der Waals surface area contributed by atoms with Crippen LogP contribution in [0.5, 0.6) is 5.75 Å². The van der Waals surface area contributed by atoms with Crippen molar-refractivity contribution in [2.24, 2.45) is 0 Å². The Morgan fingerprint density at radius 3 is 2.53 bits per heavy atom. The fourth-order valence-electron chi connectivity index (χ4n) is 4.21. The molecule has 2 aromatic carbocycles. The molecule has 1 fully saturated rings. The molecule has 4 rings (SSSR count). The molecule has 3 aromatic rings. The summed E-state index contributed by atoms with van der Waals surface area (Å²) in [4.78, 5) is 28.8. The highest BCUT2D eigenvalue weighted by atomic mass is 32.1. The van der Waals surface area contributed by atoms with Gasteiger partial charge in [-0.25, -0.2) is 0 Å². The number of thiophene rings is 1. The topological polar surface area (TPSA) is 66.8 Å². The van der Waals surface area contributed by atoms with Gasteiger partial charge < -0.3 is 14.7 Å². The summed E-state index contributed by atoms with van der Waals surface area (Å²) < 4.78 is 5.76. The number of hydrogen-bond donors (Lipinski definition) is 1. The molecule has 6 heteroatoms. The summed E-state index contributed by atoms with van der Waals surface area (Å²) in [5.74, 6) is -0.727. The number of ketones is 1. The van der Waals surface area contributed by atoms with Crippen molar-refractivity contribution in [1.82, 2.24) is 4.90 Å². The number of aliphatic hydroxyl groups excluding tert-OH is 1. The third-order valence-corrected chi connectivity index (χ3v) is 6.81. The Morgan fingerprint density at radius 2 is 1.85 bits per heavy atom. The largest absolute Gasteiger partial charge is 0.507 e. The van der Waals surface area contributed by atoms with Crippen LogP contribution in [0.1, 0.15) is 53.8 Å². The second-order valence-electron chi connectivity index (χ2n) is 8.50. The molecule has 0 bridgehead atoms. The summed E-state index contributed by atoms with van der Waals surface area (Å²) in [6.07, 6.45) is 3.23. The lowest BCUT2D eigenvalue weighted by Gasteiger charge is -2.25. The molecule has 1 aliphatic rings. The summed E-state index contributed by atoms with van der Waals surface area (Å²) in [6.45, 7) is 5.06. The van der Waals surface area contributed by atoms with Crippen LogP contribution in [0.3, 0.4) is 0 Å². The van der Waals surface area contributed by atoms with Gasteiger partial charge in [0.05, 0.1) is 24.8 Å². The average Bonchev–Trinajstić information content (AvgIpc) is 3.44. The van der Waals surface area contributed by atoms with Crippen LogP contribution in [0.2, 0.25) is 0 Å². The maximum absolute atomic E-state index is 13.2. The molecule has 1 unspecified atom stereocenters. The number of benzene rings is 2. The fraction of sp³-hybridized carbons (Fsp3) is 0.286. The van der Waals surface area contributed by atoms with Crippen molar-refractivity contribution in [2.45, 2.75) is 45.7 Å². The van der Waals surface area contributed by atoms with Gasteiger partial charge in [-0.3, -0.25) is 9.59 Å². The van der Waals surface area contributed by atoms with Crippen molar-refractivity contribution in [3.05, 3.63) is 93.2 Å². The van der Waals surface area contributed by atoms with Crippen LogP contribution in [0.25, 0.3) is 5.76 Å². The Labute approximate surface area is 204 Å². The van der Waals surface area contributed by atoms with Crippen molar-refractivity contribution in [3.63, 3.8) is 0 Å². The Hall–Kier alpha value is -3.38. The van der Waals surface area contributed by atoms with Gasteiger partial charge in [0.15, 0.2) is 0 Å². The first-order chi connectivity index (χ1) is 16.5. The molecule has 1 aliphatic heterocycles. The van der Waals surface area contributed by atoms with Crippen LogP contribution in [-0.2, 0) is 16.1 Å². The number of Topliss-reactive ketones (excluding diaryl/α,β-unsaturated/α-hetero) is 1. The number of ether oxygens (including phenoxy) is 1. The second kappa shape index (κ2) is 10.7. The molecule has 1 aromatic heterocycles. The van der Waals surface area contributed by atoms with E-state index in [1.807, 2.05) is 48.7 Å². The molecule has 0 radical (unpaired) electrons. The number of aryl methyl sites for hydroxylation is 1. The zero-order valence-electron chi connectivity index (χ0n) is 19.5. The highest BCUT2D eigenvalue weighted by Crippen LogP contribution is 2.41. The van der Waals surface area contributed by atoms with Gasteiger partial charge in [-0.2, -0.15) is 0 Å². The molecular formula is C28H29NO4S. The third kappa shape index (κ3) is 5.07. The van der Waals surface area contributed by atoms with Crippen LogP contribution in [0.15, 0.2) is 71.6 Å². The molecule has 1 saturated heterocycles. The molecule has 2 heterocycles. The third-order valence-electron chi connectivity index (χ3n) is 5.95. The van der Waals surface area contributed by atoms with E-state index in [-0.39, 0.29) is 11.3 Å². The van der Waals surface area contributed by atoms with Crippen LogP contribution in [-0.4, -0.2) is 28.3 Å². The summed E-state index contributed by atoms with van der Waals surface area (Å²) in [7, 11) is 0. The van der Waals surface area contributed by atoms with E-state index in [1.54, 1.807) is 29.2 Å².